The SMILES string of the molecule is O=C(CC1C=CCC1)OCc1cccc(S(=O)(=O)N2CCOCC2)c1. The minimum Gasteiger partial charge on any atom is -0.461 e. The maximum Gasteiger partial charge on any atom is 0.306 e. The first-order valence-corrected chi connectivity index (χ1v) is 9.99. The third-order valence-corrected chi connectivity index (χ3v) is 6.34. The Kier molecular flexibility index (Phi) is 5.88. The summed E-state index contributed by atoms with van der Waals surface area (Å²) >= 11 is 0. The number of sulfonamides is 1. The van der Waals surface area contributed by atoms with Crippen LogP contribution in [0.2, 0.25) is 0 Å². The van der Waals surface area contributed by atoms with Crippen molar-refractivity contribution in [1.82, 2.24) is 4.31 Å². The van der Waals surface area contributed by atoms with Crippen molar-refractivity contribution in [3.8, 4) is 0 Å². The minimum atomic E-state index is -3.54. The number of carbonyl (C=O) groups is 1. The Morgan fingerprint density at radius 2 is 2.08 bits per heavy atom. The Hall–Kier alpha value is -1.70. The van der Waals surface area contributed by atoms with Crippen molar-refractivity contribution in [3.05, 3.63) is 42.0 Å². The molecule has 0 radical (unpaired) electrons. The molecule has 25 heavy (non-hydrogen) atoms. The highest BCUT2D eigenvalue weighted by Crippen LogP contribution is 2.22. The van der Waals surface area contributed by atoms with E-state index >= 15 is 0 Å². The van der Waals surface area contributed by atoms with E-state index < -0.39 is 10.0 Å². The van der Waals surface area contributed by atoms with Crippen molar-refractivity contribution < 1.29 is 22.7 Å². The zero-order valence-corrected chi connectivity index (χ0v) is 14.9. The van der Waals surface area contributed by atoms with Crippen molar-refractivity contribution in [2.45, 2.75) is 30.8 Å². The number of ether oxygens (including phenoxy) is 2. The van der Waals surface area contributed by atoms with Crippen LogP contribution < -0.4 is 0 Å². The lowest BCUT2D eigenvalue weighted by Crippen LogP contribution is -2.40. The Bertz CT molecular complexity index is 738. The normalized spacial score (nSPS) is 21.4. The molecule has 1 aliphatic carbocycles. The molecular weight excluding hydrogens is 342 g/mol. The van der Waals surface area contributed by atoms with Crippen LogP contribution in [0.4, 0.5) is 0 Å². The van der Waals surface area contributed by atoms with Crippen LogP contribution in [0, 0.1) is 5.92 Å². The molecular formula is C18H23NO5S. The average molecular weight is 365 g/mol. The third-order valence-electron chi connectivity index (χ3n) is 4.45. The topological polar surface area (TPSA) is 72.9 Å². The number of hydrogen-bond donors (Lipinski definition) is 0. The quantitative estimate of drug-likeness (QED) is 0.570. The number of nitrogens with zero attached hydrogens (tertiary/aromatic N) is 1. The average Bonchev–Trinajstić information content (AvgIpc) is 3.14. The number of rotatable bonds is 6. The van der Waals surface area contributed by atoms with Crippen molar-refractivity contribution in [3.63, 3.8) is 0 Å². The van der Waals surface area contributed by atoms with Gasteiger partial charge in [-0.1, -0.05) is 24.3 Å². The minimum absolute atomic E-state index is 0.0851. The fourth-order valence-corrected chi connectivity index (χ4v) is 4.51. The molecule has 1 saturated heterocycles. The first-order chi connectivity index (χ1) is 12.1. The molecule has 0 saturated carbocycles. The summed E-state index contributed by atoms with van der Waals surface area (Å²) in [5.74, 6) is 0.0125. The van der Waals surface area contributed by atoms with E-state index in [4.69, 9.17) is 9.47 Å². The fraction of sp³-hybridized carbons (Fsp3) is 0.500. The van der Waals surface area contributed by atoms with Gasteiger partial charge in [0.05, 0.1) is 24.5 Å². The van der Waals surface area contributed by atoms with E-state index in [1.54, 1.807) is 24.3 Å². The van der Waals surface area contributed by atoms with Gasteiger partial charge in [-0.05, 0) is 36.5 Å². The number of morpholine rings is 1. The third kappa shape index (κ3) is 4.68. The van der Waals surface area contributed by atoms with Crippen LogP contribution in [0.5, 0.6) is 0 Å². The lowest BCUT2D eigenvalue weighted by atomic mass is 10.1. The number of carbonyl (C=O) groups excluding carboxylic acids is 1. The van der Waals surface area contributed by atoms with Gasteiger partial charge in [0.15, 0.2) is 0 Å². The Labute approximate surface area is 148 Å². The van der Waals surface area contributed by atoms with E-state index in [1.807, 2.05) is 0 Å². The zero-order chi connectivity index (χ0) is 17.7. The molecule has 1 aliphatic heterocycles. The molecule has 3 rings (SSSR count). The van der Waals surface area contributed by atoms with Crippen LogP contribution in [0.1, 0.15) is 24.8 Å². The molecule has 0 aromatic heterocycles. The van der Waals surface area contributed by atoms with Crippen molar-refractivity contribution in [2.24, 2.45) is 5.92 Å². The molecule has 1 aromatic rings. The summed E-state index contributed by atoms with van der Waals surface area (Å²) in [5, 5.41) is 0. The maximum absolute atomic E-state index is 12.7. The van der Waals surface area contributed by atoms with Gasteiger partial charge < -0.3 is 9.47 Å². The molecule has 1 fully saturated rings. The zero-order valence-electron chi connectivity index (χ0n) is 14.1. The molecule has 136 valence electrons. The molecule has 0 spiro atoms. The predicted octanol–water partition coefficient (Wildman–Crippen LogP) is 2.11. The molecule has 1 aromatic carbocycles. The maximum atomic E-state index is 12.7. The highest BCUT2D eigenvalue weighted by molar-refractivity contribution is 7.89. The number of benzene rings is 1. The van der Waals surface area contributed by atoms with E-state index in [0.717, 1.165) is 12.8 Å². The highest BCUT2D eigenvalue weighted by atomic mass is 32.2. The Morgan fingerprint density at radius 1 is 1.28 bits per heavy atom. The smallest absolute Gasteiger partial charge is 0.306 e. The van der Waals surface area contributed by atoms with E-state index in [2.05, 4.69) is 12.2 Å². The summed E-state index contributed by atoms with van der Waals surface area (Å²) in [6, 6.07) is 6.59. The van der Waals surface area contributed by atoms with Gasteiger partial charge in [-0.25, -0.2) is 8.42 Å². The van der Waals surface area contributed by atoms with E-state index in [-0.39, 0.29) is 23.4 Å². The van der Waals surface area contributed by atoms with Gasteiger partial charge in [0.2, 0.25) is 10.0 Å². The van der Waals surface area contributed by atoms with Gasteiger partial charge >= 0.3 is 5.97 Å². The monoisotopic (exact) mass is 365 g/mol. The highest BCUT2D eigenvalue weighted by Gasteiger charge is 2.26. The lowest BCUT2D eigenvalue weighted by molar-refractivity contribution is -0.145. The van der Waals surface area contributed by atoms with Gasteiger partial charge in [-0.3, -0.25) is 4.79 Å². The standard InChI is InChI=1S/C18H23NO5S/c20-18(13-15-4-1-2-5-15)24-14-16-6-3-7-17(12-16)25(21,22)19-8-10-23-11-9-19/h1,3-4,6-7,12,15H,2,5,8-11,13-14H2. The number of esters is 1. The van der Waals surface area contributed by atoms with Crippen LogP contribution in [0.15, 0.2) is 41.3 Å². The van der Waals surface area contributed by atoms with Gasteiger partial charge in [-0.15, -0.1) is 0 Å². The summed E-state index contributed by atoms with van der Waals surface area (Å²) in [7, 11) is -3.54. The number of hydrogen-bond acceptors (Lipinski definition) is 5. The van der Waals surface area contributed by atoms with Gasteiger partial charge in [0.25, 0.3) is 0 Å². The van der Waals surface area contributed by atoms with E-state index in [0.29, 0.717) is 38.3 Å². The number of allylic oxidation sites excluding steroid dienone is 2. The first kappa shape index (κ1) is 18.1. The van der Waals surface area contributed by atoms with Gasteiger partial charge in [0, 0.05) is 13.1 Å². The second-order valence-electron chi connectivity index (χ2n) is 6.29. The summed E-state index contributed by atoms with van der Waals surface area (Å²) < 4.78 is 37.3. The Morgan fingerprint density at radius 3 is 2.80 bits per heavy atom. The molecule has 7 heteroatoms. The molecule has 2 aliphatic rings. The van der Waals surface area contributed by atoms with Crippen molar-refractivity contribution in [2.75, 3.05) is 26.3 Å². The molecule has 1 atom stereocenters. The molecule has 0 amide bonds. The van der Waals surface area contributed by atoms with Gasteiger partial charge in [0.1, 0.15) is 6.61 Å². The lowest BCUT2D eigenvalue weighted by Gasteiger charge is -2.26. The van der Waals surface area contributed by atoms with Crippen LogP contribution in [-0.4, -0.2) is 45.0 Å². The largest absolute Gasteiger partial charge is 0.461 e. The summed E-state index contributed by atoms with van der Waals surface area (Å²) in [4.78, 5) is 12.1. The first-order valence-electron chi connectivity index (χ1n) is 8.55. The molecule has 1 unspecified atom stereocenters. The van der Waals surface area contributed by atoms with Crippen molar-refractivity contribution in [1.29, 1.82) is 0 Å². The second kappa shape index (κ2) is 8.12. The van der Waals surface area contributed by atoms with Gasteiger partial charge in [-0.2, -0.15) is 4.31 Å². The van der Waals surface area contributed by atoms with Crippen LogP contribution in [-0.2, 0) is 30.9 Å². The molecule has 1 heterocycles. The van der Waals surface area contributed by atoms with E-state index in [1.165, 1.54) is 4.31 Å². The molecule has 6 nitrogen and oxygen atoms in total. The molecule has 0 N–H and O–H groups in total. The molecule has 0 bridgehead atoms. The second-order valence-corrected chi connectivity index (χ2v) is 8.23. The van der Waals surface area contributed by atoms with Crippen LogP contribution >= 0.6 is 0 Å². The fourth-order valence-electron chi connectivity index (χ4n) is 3.03. The van der Waals surface area contributed by atoms with E-state index in [9.17, 15) is 13.2 Å². The summed E-state index contributed by atoms with van der Waals surface area (Å²) in [6.07, 6.45) is 6.51. The Balaban J connectivity index is 1.60. The van der Waals surface area contributed by atoms with Crippen LogP contribution in [0.3, 0.4) is 0 Å². The van der Waals surface area contributed by atoms with Crippen molar-refractivity contribution >= 4 is 16.0 Å². The summed E-state index contributed by atoms with van der Waals surface area (Å²) in [5.41, 5.74) is 0.671. The predicted molar refractivity (Wildman–Crippen MR) is 92.3 cm³/mol. The summed E-state index contributed by atoms with van der Waals surface area (Å²) in [6.45, 7) is 1.62. The van der Waals surface area contributed by atoms with Crippen LogP contribution in [0.25, 0.3) is 0 Å².